The van der Waals surface area contributed by atoms with E-state index in [0.29, 0.717) is 12.2 Å². The number of aliphatic imine (C=N–C) groups is 1. The van der Waals surface area contributed by atoms with Crippen molar-refractivity contribution in [3.8, 4) is 0 Å². The molecule has 11 heavy (non-hydrogen) atoms. The SMILES string of the molecule is Nc1cnnc2c1C(I)=NC2. The van der Waals surface area contributed by atoms with E-state index in [4.69, 9.17) is 5.73 Å². The van der Waals surface area contributed by atoms with Gasteiger partial charge in [0.2, 0.25) is 0 Å². The Hall–Kier alpha value is -0.720. The summed E-state index contributed by atoms with van der Waals surface area (Å²) in [5, 5.41) is 7.66. The van der Waals surface area contributed by atoms with Crippen molar-refractivity contribution in [1.29, 1.82) is 0 Å². The highest BCUT2D eigenvalue weighted by molar-refractivity contribution is 14.1. The molecule has 0 aliphatic carbocycles. The third-order valence-corrected chi connectivity index (χ3v) is 2.41. The maximum absolute atomic E-state index is 5.67. The normalized spacial score (nSPS) is 14.5. The Labute approximate surface area is 77.1 Å². The van der Waals surface area contributed by atoms with Gasteiger partial charge >= 0.3 is 0 Å². The molecule has 2 heterocycles. The smallest absolute Gasteiger partial charge is 0.107 e. The predicted octanol–water partition coefficient (Wildman–Crippen LogP) is 0.754. The number of nitrogens with zero attached hydrogens (tertiary/aromatic N) is 3. The predicted molar refractivity (Wildman–Crippen MR) is 50.7 cm³/mol. The average molecular weight is 260 g/mol. The summed E-state index contributed by atoms with van der Waals surface area (Å²) >= 11 is 2.15. The molecule has 2 rings (SSSR count). The number of nitrogens with two attached hydrogens (primary N) is 1. The van der Waals surface area contributed by atoms with Crippen molar-refractivity contribution in [3.63, 3.8) is 0 Å². The zero-order valence-corrected chi connectivity index (χ0v) is 7.74. The molecule has 0 saturated carbocycles. The van der Waals surface area contributed by atoms with Gasteiger partial charge in [-0.2, -0.15) is 10.2 Å². The van der Waals surface area contributed by atoms with Crippen LogP contribution < -0.4 is 5.73 Å². The molecule has 0 aromatic carbocycles. The van der Waals surface area contributed by atoms with E-state index >= 15 is 0 Å². The Bertz CT molecular complexity index is 333. The first-order valence-corrected chi connectivity index (χ1v) is 4.17. The first kappa shape index (κ1) is 6.96. The van der Waals surface area contributed by atoms with E-state index in [0.717, 1.165) is 15.0 Å². The number of aromatic nitrogens is 2. The Morgan fingerprint density at radius 3 is 3.09 bits per heavy atom. The van der Waals surface area contributed by atoms with Crippen LogP contribution in [0.15, 0.2) is 11.2 Å². The summed E-state index contributed by atoms with van der Waals surface area (Å²) in [5.74, 6) is 0. The van der Waals surface area contributed by atoms with E-state index in [1.807, 2.05) is 0 Å². The van der Waals surface area contributed by atoms with Crippen LogP contribution in [-0.4, -0.2) is 13.9 Å². The zero-order chi connectivity index (χ0) is 7.84. The number of anilines is 1. The highest BCUT2D eigenvalue weighted by atomic mass is 127. The molecule has 5 heteroatoms. The molecule has 0 spiro atoms. The average Bonchev–Trinajstić information content (AvgIpc) is 2.34. The Morgan fingerprint density at radius 2 is 2.36 bits per heavy atom. The lowest BCUT2D eigenvalue weighted by Crippen LogP contribution is -2.01. The standard InChI is InChI=1S/C6H5IN4/c7-6-5-3(8)1-10-11-4(5)2-9-6/h1H,2H2,(H2,8,11). The minimum absolute atomic E-state index is 0.617. The van der Waals surface area contributed by atoms with Crippen molar-refractivity contribution in [2.75, 3.05) is 5.73 Å². The van der Waals surface area contributed by atoms with Crippen molar-refractivity contribution >= 4 is 32.0 Å². The van der Waals surface area contributed by atoms with E-state index in [1.54, 1.807) is 6.20 Å². The summed E-state index contributed by atoms with van der Waals surface area (Å²) in [4.78, 5) is 4.19. The van der Waals surface area contributed by atoms with Crippen LogP contribution in [0.4, 0.5) is 5.69 Å². The lowest BCUT2D eigenvalue weighted by Gasteiger charge is -1.98. The summed E-state index contributed by atoms with van der Waals surface area (Å²) < 4.78 is 0.935. The van der Waals surface area contributed by atoms with E-state index in [-0.39, 0.29) is 0 Å². The Balaban J connectivity index is 2.67. The summed E-state index contributed by atoms with van der Waals surface area (Å²) in [5.41, 5.74) is 8.18. The molecule has 1 aromatic heterocycles. The van der Waals surface area contributed by atoms with Crippen molar-refractivity contribution in [1.82, 2.24) is 10.2 Å². The van der Waals surface area contributed by atoms with Crippen LogP contribution in [0.3, 0.4) is 0 Å². The van der Waals surface area contributed by atoms with Crippen LogP contribution in [0.1, 0.15) is 11.3 Å². The molecule has 4 nitrogen and oxygen atoms in total. The van der Waals surface area contributed by atoms with Gasteiger partial charge in [-0.05, 0) is 22.6 Å². The third kappa shape index (κ3) is 0.991. The van der Waals surface area contributed by atoms with Crippen LogP contribution in [-0.2, 0) is 6.54 Å². The van der Waals surface area contributed by atoms with Gasteiger partial charge in [0.25, 0.3) is 0 Å². The van der Waals surface area contributed by atoms with Gasteiger partial charge in [0.15, 0.2) is 0 Å². The zero-order valence-electron chi connectivity index (χ0n) is 5.58. The molecule has 0 unspecified atom stereocenters. The van der Waals surface area contributed by atoms with Gasteiger partial charge in [-0.15, -0.1) is 0 Å². The molecule has 0 radical (unpaired) electrons. The highest BCUT2D eigenvalue weighted by Crippen LogP contribution is 2.24. The topological polar surface area (TPSA) is 64.2 Å². The van der Waals surface area contributed by atoms with Crippen LogP contribution >= 0.6 is 22.6 Å². The first-order chi connectivity index (χ1) is 5.29. The van der Waals surface area contributed by atoms with Gasteiger partial charge in [0, 0.05) is 0 Å². The Morgan fingerprint density at radius 1 is 1.55 bits per heavy atom. The fraction of sp³-hybridized carbons (Fsp3) is 0.167. The van der Waals surface area contributed by atoms with Crippen LogP contribution in [0.25, 0.3) is 0 Å². The molecular weight excluding hydrogens is 255 g/mol. The van der Waals surface area contributed by atoms with Crippen molar-refractivity contribution in [2.24, 2.45) is 4.99 Å². The number of halogens is 1. The first-order valence-electron chi connectivity index (χ1n) is 3.09. The second kappa shape index (κ2) is 2.40. The molecule has 0 atom stereocenters. The number of hydrogen-bond acceptors (Lipinski definition) is 4. The minimum atomic E-state index is 0.617. The summed E-state index contributed by atoms with van der Waals surface area (Å²) in [7, 11) is 0. The number of hydrogen-bond donors (Lipinski definition) is 1. The third-order valence-electron chi connectivity index (χ3n) is 1.53. The molecule has 2 N–H and O–H groups in total. The fourth-order valence-electron chi connectivity index (χ4n) is 1.01. The van der Waals surface area contributed by atoms with Crippen LogP contribution in [0.2, 0.25) is 0 Å². The molecule has 1 aliphatic heterocycles. The van der Waals surface area contributed by atoms with Gasteiger partial charge in [0.1, 0.15) is 3.72 Å². The number of rotatable bonds is 0. The number of fused-ring (bicyclic) bond motifs is 1. The highest BCUT2D eigenvalue weighted by Gasteiger charge is 2.17. The second-order valence-corrected chi connectivity index (χ2v) is 3.25. The van der Waals surface area contributed by atoms with E-state index in [1.165, 1.54) is 0 Å². The van der Waals surface area contributed by atoms with E-state index in [9.17, 15) is 0 Å². The quantitative estimate of drug-likeness (QED) is 0.700. The maximum Gasteiger partial charge on any atom is 0.107 e. The minimum Gasteiger partial charge on any atom is -0.397 e. The maximum atomic E-state index is 5.67. The van der Waals surface area contributed by atoms with E-state index in [2.05, 4.69) is 37.8 Å². The molecule has 0 fully saturated rings. The lowest BCUT2D eigenvalue weighted by atomic mass is 10.2. The monoisotopic (exact) mass is 260 g/mol. The molecule has 0 saturated heterocycles. The van der Waals surface area contributed by atoms with Crippen molar-refractivity contribution in [2.45, 2.75) is 6.54 Å². The molecule has 0 amide bonds. The fourth-order valence-corrected chi connectivity index (χ4v) is 1.81. The van der Waals surface area contributed by atoms with Crippen LogP contribution in [0.5, 0.6) is 0 Å². The summed E-state index contributed by atoms with van der Waals surface area (Å²) in [6, 6.07) is 0. The molecule has 1 aliphatic rings. The Kier molecular flexibility index (Phi) is 1.52. The molecule has 56 valence electrons. The van der Waals surface area contributed by atoms with Gasteiger partial charge in [0.05, 0.1) is 29.7 Å². The van der Waals surface area contributed by atoms with Gasteiger partial charge in [-0.3, -0.25) is 4.99 Å². The number of nitrogen functional groups attached to an aromatic ring is 1. The second-order valence-electron chi connectivity index (χ2n) is 2.23. The molecule has 0 bridgehead atoms. The summed E-state index contributed by atoms with van der Waals surface area (Å²) in [6.07, 6.45) is 1.55. The lowest BCUT2D eigenvalue weighted by molar-refractivity contribution is 0.920. The molecule has 1 aromatic rings. The van der Waals surface area contributed by atoms with Crippen molar-refractivity contribution < 1.29 is 0 Å². The van der Waals surface area contributed by atoms with Gasteiger partial charge in [-0.25, -0.2) is 0 Å². The van der Waals surface area contributed by atoms with Gasteiger partial charge < -0.3 is 5.73 Å². The van der Waals surface area contributed by atoms with Gasteiger partial charge in [-0.1, -0.05) is 0 Å². The van der Waals surface area contributed by atoms with Crippen LogP contribution in [0, 0.1) is 0 Å². The summed E-state index contributed by atoms with van der Waals surface area (Å²) in [6.45, 7) is 0.617. The molecular formula is C6H5IN4. The largest absolute Gasteiger partial charge is 0.397 e. The van der Waals surface area contributed by atoms with E-state index < -0.39 is 0 Å². The van der Waals surface area contributed by atoms with Crippen molar-refractivity contribution in [3.05, 3.63) is 17.5 Å².